The third-order valence-electron chi connectivity index (χ3n) is 2.73. The first-order chi connectivity index (χ1) is 8.18. The quantitative estimate of drug-likeness (QED) is 0.475. The number of amides is 1. The molecule has 1 aliphatic heterocycles. The molecular weight excluding hydrogens is 222 g/mol. The first-order valence-electron chi connectivity index (χ1n) is 6.11. The van der Waals surface area contributed by atoms with Crippen LogP contribution in [0.15, 0.2) is 0 Å². The lowest BCUT2D eigenvalue weighted by atomic mass is 10.1. The Labute approximate surface area is 101 Å². The molecule has 1 fully saturated rings. The summed E-state index contributed by atoms with van der Waals surface area (Å²) in [5, 5.41) is 17.9. The SMILES string of the molecule is O=C(O)CCCC(=O)NCCC1CNCCN1. The van der Waals surface area contributed by atoms with Crippen molar-refractivity contribution < 1.29 is 14.7 Å². The van der Waals surface area contributed by atoms with E-state index in [9.17, 15) is 9.59 Å². The van der Waals surface area contributed by atoms with Gasteiger partial charge in [-0.05, 0) is 12.8 Å². The minimum absolute atomic E-state index is 0.0571. The third-order valence-corrected chi connectivity index (χ3v) is 2.73. The number of hydrogen-bond acceptors (Lipinski definition) is 4. The number of carboxylic acid groups (broad SMARTS) is 1. The number of carboxylic acids is 1. The van der Waals surface area contributed by atoms with Gasteiger partial charge in [0.25, 0.3) is 0 Å². The molecule has 0 aromatic rings. The number of carbonyl (C=O) groups is 2. The fourth-order valence-corrected chi connectivity index (χ4v) is 1.79. The molecule has 98 valence electrons. The van der Waals surface area contributed by atoms with Crippen LogP contribution in [0.4, 0.5) is 0 Å². The number of hydrogen-bond donors (Lipinski definition) is 4. The van der Waals surface area contributed by atoms with Gasteiger partial charge in [-0.2, -0.15) is 0 Å². The van der Waals surface area contributed by atoms with Crippen molar-refractivity contribution in [3.63, 3.8) is 0 Å². The zero-order valence-electron chi connectivity index (χ0n) is 10.00. The van der Waals surface area contributed by atoms with Crippen molar-refractivity contribution in [2.24, 2.45) is 0 Å². The summed E-state index contributed by atoms with van der Waals surface area (Å²) in [6.45, 7) is 3.55. The van der Waals surface area contributed by atoms with Crippen LogP contribution in [0.25, 0.3) is 0 Å². The minimum atomic E-state index is -0.852. The maximum absolute atomic E-state index is 11.3. The maximum atomic E-state index is 11.3. The van der Waals surface area contributed by atoms with Gasteiger partial charge >= 0.3 is 5.97 Å². The summed E-state index contributed by atoms with van der Waals surface area (Å²) >= 11 is 0. The third kappa shape index (κ3) is 6.91. The Bertz CT molecular complexity index is 252. The average molecular weight is 243 g/mol. The van der Waals surface area contributed by atoms with Crippen molar-refractivity contribution in [3.8, 4) is 0 Å². The van der Waals surface area contributed by atoms with Crippen LogP contribution >= 0.6 is 0 Å². The van der Waals surface area contributed by atoms with Gasteiger partial charge in [-0.1, -0.05) is 0 Å². The van der Waals surface area contributed by atoms with E-state index in [4.69, 9.17) is 5.11 Å². The van der Waals surface area contributed by atoms with Gasteiger partial charge in [0.1, 0.15) is 0 Å². The molecule has 1 rings (SSSR count). The molecule has 1 heterocycles. The molecule has 0 radical (unpaired) electrons. The molecule has 1 saturated heterocycles. The zero-order chi connectivity index (χ0) is 12.5. The number of nitrogens with one attached hydrogen (secondary N) is 3. The predicted molar refractivity (Wildman–Crippen MR) is 63.8 cm³/mol. The molecule has 0 aromatic carbocycles. The smallest absolute Gasteiger partial charge is 0.303 e. The summed E-state index contributed by atoms with van der Waals surface area (Å²) in [5.41, 5.74) is 0. The minimum Gasteiger partial charge on any atom is -0.481 e. The van der Waals surface area contributed by atoms with Crippen LogP contribution < -0.4 is 16.0 Å². The molecule has 1 unspecified atom stereocenters. The standard InChI is InChI=1S/C11H21N3O3/c15-10(2-1-3-11(16)17)14-5-4-9-8-12-6-7-13-9/h9,12-13H,1-8H2,(H,14,15)(H,16,17). The number of rotatable bonds is 7. The molecule has 0 spiro atoms. The Hall–Kier alpha value is -1.14. The molecule has 0 bridgehead atoms. The summed E-state index contributed by atoms with van der Waals surface area (Å²) < 4.78 is 0. The van der Waals surface area contributed by atoms with Crippen molar-refractivity contribution in [3.05, 3.63) is 0 Å². The van der Waals surface area contributed by atoms with Crippen LogP contribution in [0, 0.1) is 0 Å². The van der Waals surface area contributed by atoms with E-state index >= 15 is 0 Å². The highest BCUT2D eigenvalue weighted by Gasteiger charge is 2.11. The Morgan fingerprint density at radius 3 is 2.76 bits per heavy atom. The highest BCUT2D eigenvalue weighted by atomic mass is 16.4. The first-order valence-corrected chi connectivity index (χ1v) is 6.11. The Balaban J connectivity index is 1.97. The second-order valence-electron chi connectivity index (χ2n) is 4.24. The van der Waals surface area contributed by atoms with Gasteiger partial charge in [0, 0.05) is 45.1 Å². The number of piperazine rings is 1. The van der Waals surface area contributed by atoms with Crippen molar-refractivity contribution in [1.29, 1.82) is 0 Å². The van der Waals surface area contributed by atoms with E-state index in [1.807, 2.05) is 0 Å². The molecule has 1 amide bonds. The Kier molecular flexibility index (Phi) is 6.57. The van der Waals surface area contributed by atoms with Crippen LogP contribution in [0.2, 0.25) is 0 Å². The second kappa shape index (κ2) is 8.03. The fourth-order valence-electron chi connectivity index (χ4n) is 1.79. The summed E-state index contributed by atoms with van der Waals surface area (Å²) in [6.07, 6.45) is 1.66. The van der Waals surface area contributed by atoms with Crippen LogP contribution in [-0.2, 0) is 9.59 Å². The molecule has 6 heteroatoms. The van der Waals surface area contributed by atoms with Gasteiger partial charge in [0.15, 0.2) is 0 Å². The van der Waals surface area contributed by atoms with Gasteiger partial charge in [-0.15, -0.1) is 0 Å². The Morgan fingerprint density at radius 1 is 1.29 bits per heavy atom. The molecule has 1 aliphatic rings. The predicted octanol–water partition coefficient (Wildman–Crippen LogP) is -0.691. The molecular formula is C11H21N3O3. The first kappa shape index (κ1) is 13.9. The monoisotopic (exact) mass is 243 g/mol. The van der Waals surface area contributed by atoms with E-state index in [0.29, 0.717) is 25.4 Å². The van der Waals surface area contributed by atoms with Crippen molar-refractivity contribution in [2.75, 3.05) is 26.2 Å². The van der Waals surface area contributed by atoms with E-state index in [2.05, 4.69) is 16.0 Å². The van der Waals surface area contributed by atoms with Gasteiger partial charge < -0.3 is 21.1 Å². The molecule has 0 saturated carbocycles. The van der Waals surface area contributed by atoms with Crippen molar-refractivity contribution in [1.82, 2.24) is 16.0 Å². The molecule has 4 N–H and O–H groups in total. The molecule has 1 atom stereocenters. The van der Waals surface area contributed by atoms with E-state index in [0.717, 1.165) is 26.1 Å². The lowest BCUT2D eigenvalue weighted by molar-refractivity contribution is -0.137. The second-order valence-corrected chi connectivity index (χ2v) is 4.24. The van der Waals surface area contributed by atoms with Gasteiger partial charge in [-0.25, -0.2) is 0 Å². The van der Waals surface area contributed by atoms with Gasteiger partial charge in [0.2, 0.25) is 5.91 Å². The maximum Gasteiger partial charge on any atom is 0.303 e. The van der Waals surface area contributed by atoms with Gasteiger partial charge in [-0.3, -0.25) is 9.59 Å². The molecule has 17 heavy (non-hydrogen) atoms. The van der Waals surface area contributed by atoms with E-state index in [1.165, 1.54) is 0 Å². The van der Waals surface area contributed by atoms with Crippen molar-refractivity contribution in [2.45, 2.75) is 31.7 Å². The summed E-state index contributed by atoms with van der Waals surface area (Å²) in [4.78, 5) is 21.6. The number of carbonyl (C=O) groups excluding carboxylic acids is 1. The normalized spacial score (nSPS) is 19.9. The van der Waals surface area contributed by atoms with E-state index in [1.54, 1.807) is 0 Å². The van der Waals surface area contributed by atoms with E-state index in [-0.39, 0.29) is 12.3 Å². The van der Waals surface area contributed by atoms with E-state index < -0.39 is 5.97 Å². The molecule has 6 nitrogen and oxygen atoms in total. The van der Waals surface area contributed by atoms with Gasteiger partial charge in [0.05, 0.1) is 0 Å². The fraction of sp³-hybridized carbons (Fsp3) is 0.818. The molecule has 0 aromatic heterocycles. The highest BCUT2D eigenvalue weighted by Crippen LogP contribution is 1.96. The largest absolute Gasteiger partial charge is 0.481 e. The molecule has 0 aliphatic carbocycles. The lowest BCUT2D eigenvalue weighted by Gasteiger charge is -2.24. The number of aliphatic carboxylic acids is 1. The zero-order valence-corrected chi connectivity index (χ0v) is 10.00. The highest BCUT2D eigenvalue weighted by molar-refractivity contribution is 5.76. The van der Waals surface area contributed by atoms with Crippen LogP contribution in [0.1, 0.15) is 25.7 Å². The van der Waals surface area contributed by atoms with Crippen LogP contribution in [-0.4, -0.2) is 49.2 Å². The summed E-state index contributed by atoms with van der Waals surface area (Å²) in [6, 6.07) is 0.420. The van der Waals surface area contributed by atoms with Crippen LogP contribution in [0.3, 0.4) is 0 Å². The lowest BCUT2D eigenvalue weighted by Crippen LogP contribution is -2.49. The topological polar surface area (TPSA) is 90.5 Å². The van der Waals surface area contributed by atoms with Crippen LogP contribution in [0.5, 0.6) is 0 Å². The Morgan fingerprint density at radius 2 is 2.12 bits per heavy atom. The average Bonchev–Trinajstić information content (AvgIpc) is 2.30. The summed E-state index contributed by atoms with van der Waals surface area (Å²) in [7, 11) is 0. The summed E-state index contributed by atoms with van der Waals surface area (Å²) in [5.74, 6) is -0.912. The van der Waals surface area contributed by atoms with Crippen molar-refractivity contribution >= 4 is 11.9 Å².